The van der Waals surface area contributed by atoms with Crippen LogP contribution >= 0.6 is 11.6 Å². The first-order valence-electron chi connectivity index (χ1n) is 6.64. The monoisotopic (exact) mass is 295 g/mol. The van der Waals surface area contributed by atoms with Gasteiger partial charge in [0, 0.05) is 10.9 Å². The molecule has 4 nitrogen and oxygen atoms in total. The van der Waals surface area contributed by atoms with E-state index < -0.39 is 0 Å². The Balaban J connectivity index is 2.09. The molecule has 2 rings (SSSR count). The summed E-state index contributed by atoms with van der Waals surface area (Å²) in [7, 11) is 1.34. The molecule has 3 atom stereocenters. The Morgan fingerprint density at radius 2 is 2.00 bits per heavy atom. The van der Waals surface area contributed by atoms with E-state index in [1.165, 1.54) is 7.11 Å². The van der Waals surface area contributed by atoms with Crippen LogP contribution in [0.15, 0.2) is 24.3 Å². The molecule has 1 aromatic rings. The molecule has 0 heterocycles. The largest absolute Gasteiger partial charge is 0.469 e. The normalized spacial score (nSPS) is 21.9. The second kappa shape index (κ2) is 6.27. The Kier molecular flexibility index (Phi) is 4.65. The molecule has 1 aromatic carbocycles. The lowest BCUT2D eigenvalue weighted by Gasteiger charge is -2.18. The predicted octanol–water partition coefficient (Wildman–Crippen LogP) is 2.72. The number of carbonyl (C=O) groups is 2. The Morgan fingerprint density at radius 1 is 1.40 bits per heavy atom. The number of carbonyl (C=O) groups excluding carboxylic acids is 2. The zero-order valence-corrected chi connectivity index (χ0v) is 12.3. The highest BCUT2D eigenvalue weighted by atomic mass is 35.5. The van der Waals surface area contributed by atoms with Crippen LogP contribution < -0.4 is 5.32 Å². The lowest BCUT2D eigenvalue weighted by atomic mass is 10.0. The van der Waals surface area contributed by atoms with E-state index in [0.717, 1.165) is 12.0 Å². The lowest BCUT2D eigenvalue weighted by Crippen LogP contribution is -2.31. The summed E-state index contributed by atoms with van der Waals surface area (Å²) in [5.41, 5.74) is 0.849. The van der Waals surface area contributed by atoms with Gasteiger partial charge in [0.2, 0.25) is 5.91 Å². The van der Waals surface area contributed by atoms with Crippen molar-refractivity contribution in [1.29, 1.82) is 0 Å². The van der Waals surface area contributed by atoms with Gasteiger partial charge in [-0.15, -0.1) is 0 Å². The van der Waals surface area contributed by atoms with Crippen LogP contribution in [0.4, 0.5) is 0 Å². The maximum atomic E-state index is 12.0. The quantitative estimate of drug-likeness (QED) is 0.850. The molecule has 0 aromatic heterocycles. The van der Waals surface area contributed by atoms with Gasteiger partial charge in [0.25, 0.3) is 0 Å². The van der Waals surface area contributed by atoms with Crippen molar-refractivity contribution in [2.45, 2.75) is 25.8 Å². The highest BCUT2D eigenvalue weighted by molar-refractivity contribution is 6.30. The number of amides is 1. The van der Waals surface area contributed by atoms with Crippen LogP contribution in [-0.2, 0) is 14.3 Å². The van der Waals surface area contributed by atoms with Crippen molar-refractivity contribution in [3.05, 3.63) is 34.9 Å². The van der Waals surface area contributed by atoms with E-state index in [0.29, 0.717) is 10.9 Å². The minimum absolute atomic E-state index is 0.00125. The van der Waals surface area contributed by atoms with Crippen molar-refractivity contribution in [2.24, 2.45) is 11.8 Å². The maximum absolute atomic E-state index is 12.0. The van der Waals surface area contributed by atoms with Crippen molar-refractivity contribution in [3.63, 3.8) is 0 Å². The van der Waals surface area contributed by atoms with Crippen LogP contribution in [0.2, 0.25) is 5.02 Å². The van der Waals surface area contributed by atoms with Crippen LogP contribution in [-0.4, -0.2) is 19.0 Å². The molecule has 1 fully saturated rings. The van der Waals surface area contributed by atoms with E-state index >= 15 is 0 Å². The molecular formula is C15H18ClNO3. The van der Waals surface area contributed by atoms with Crippen LogP contribution in [0.1, 0.15) is 31.4 Å². The van der Waals surface area contributed by atoms with E-state index in [1.54, 1.807) is 12.1 Å². The van der Waals surface area contributed by atoms with Crippen LogP contribution in [0.25, 0.3) is 0 Å². The van der Waals surface area contributed by atoms with E-state index in [2.05, 4.69) is 10.1 Å². The molecule has 3 unspecified atom stereocenters. The molecule has 0 aliphatic heterocycles. The van der Waals surface area contributed by atoms with Crippen molar-refractivity contribution in [1.82, 2.24) is 5.32 Å². The molecule has 0 bridgehead atoms. The van der Waals surface area contributed by atoms with Crippen molar-refractivity contribution >= 4 is 23.5 Å². The number of methoxy groups -OCH3 is 1. The van der Waals surface area contributed by atoms with Crippen molar-refractivity contribution in [3.8, 4) is 0 Å². The fourth-order valence-corrected chi connectivity index (χ4v) is 2.29. The van der Waals surface area contributed by atoms with Crippen molar-refractivity contribution < 1.29 is 14.3 Å². The van der Waals surface area contributed by atoms with Gasteiger partial charge in [0.05, 0.1) is 19.6 Å². The minimum Gasteiger partial charge on any atom is -0.469 e. The second-order valence-electron chi connectivity index (χ2n) is 5.21. The third-order valence-electron chi connectivity index (χ3n) is 3.63. The van der Waals surface area contributed by atoms with Gasteiger partial charge in [-0.3, -0.25) is 9.59 Å². The number of nitrogens with one attached hydrogen (secondary N) is 1. The van der Waals surface area contributed by atoms with Gasteiger partial charge in [-0.05, 0) is 30.0 Å². The molecule has 1 N–H and O–H groups in total. The van der Waals surface area contributed by atoms with Gasteiger partial charge in [-0.25, -0.2) is 0 Å². The minimum atomic E-state index is -0.375. The Labute approximate surface area is 123 Å². The number of hydrogen-bond acceptors (Lipinski definition) is 3. The highest BCUT2D eigenvalue weighted by Crippen LogP contribution is 2.38. The summed E-state index contributed by atoms with van der Waals surface area (Å²) in [6.07, 6.45) is 1.03. The summed E-state index contributed by atoms with van der Waals surface area (Å²) in [6, 6.07) is 6.74. The number of rotatable bonds is 5. The van der Waals surface area contributed by atoms with Crippen LogP contribution in [0.3, 0.4) is 0 Å². The first kappa shape index (κ1) is 14.9. The predicted molar refractivity (Wildman–Crippen MR) is 76.2 cm³/mol. The standard InChI is InChI=1S/C15H18ClNO3/c1-9-7-12(9)15(19)17-13(8-14(18)20-2)10-3-5-11(16)6-4-10/h3-6,9,12-13H,7-8H2,1-2H3,(H,17,19). The average molecular weight is 296 g/mol. The smallest absolute Gasteiger partial charge is 0.307 e. The molecule has 5 heteroatoms. The SMILES string of the molecule is COC(=O)CC(NC(=O)C1CC1C)c1ccc(Cl)cc1. The number of halogens is 1. The molecule has 0 radical (unpaired) electrons. The summed E-state index contributed by atoms with van der Waals surface area (Å²) < 4.78 is 4.69. The Bertz CT molecular complexity index is 500. The number of esters is 1. The van der Waals surface area contributed by atoms with E-state index in [1.807, 2.05) is 19.1 Å². The zero-order chi connectivity index (χ0) is 14.7. The third-order valence-corrected chi connectivity index (χ3v) is 3.89. The Morgan fingerprint density at radius 3 is 2.50 bits per heavy atom. The lowest BCUT2D eigenvalue weighted by molar-refractivity contribution is -0.141. The van der Waals surface area contributed by atoms with Gasteiger partial charge >= 0.3 is 5.97 Å². The molecule has 0 saturated heterocycles. The third kappa shape index (κ3) is 3.73. The van der Waals surface area contributed by atoms with Gasteiger partial charge in [-0.1, -0.05) is 30.7 Å². The van der Waals surface area contributed by atoms with E-state index in [4.69, 9.17) is 11.6 Å². The molecule has 20 heavy (non-hydrogen) atoms. The topological polar surface area (TPSA) is 55.4 Å². The molecule has 1 aliphatic carbocycles. The second-order valence-corrected chi connectivity index (χ2v) is 5.65. The van der Waals surface area contributed by atoms with Crippen molar-refractivity contribution in [2.75, 3.05) is 7.11 Å². The maximum Gasteiger partial charge on any atom is 0.307 e. The number of hydrogen-bond donors (Lipinski definition) is 1. The zero-order valence-electron chi connectivity index (χ0n) is 11.6. The number of ether oxygens (including phenoxy) is 1. The summed E-state index contributed by atoms with van der Waals surface area (Å²) in [6.45, 7) is 2.04. The first-order chi connectivity index (χ1) is 9.51. The highest BCUT2D eigenvalue weighted by Gasteiger charge is 2.40. The average Bonchev–Trinajstić information content (AvgIpc) is 3.16. The molecule has 1 amide bonds. The van der Waals surface area contributed by atoms with Gasteiger partial charge in [0.15, 0.2) is 0 Å². The summed E-state index contributed by atoms with van der Waals surface area (Å²) in [5.74, 6) is 0.150. The fourth-order valence-electron chi connectivity index (χ4n) is 2.16. The molecular weight excluding hydrogens is 278 g/mol. The summed E-state index contributed by atoms with van der Waals surface area (Å²) in [4.78, 5) is 23.5. The van der Waals surface area contributed by atoms with Gasteiger partial charge < -0.3 is 10.1 Å². The molecule has 1 saturated carbocycles. The molecule has 0 spiro atoms. The summed E-state index contributed by atoms with van der Waals surface area (Å²) >= 11 is 5.86. The molecule has 1 aliphatic rings. The first-order valence-corrected chi connectivity index (χ1v) is 7.01. The van der Waals surface area contributed by atoms with Crippen LogP contribution in [0.5, 0.6) is 0 Å². The van der Waals surface area contributed by atoms with E-state index in [-0.39, 0.29) is 30.3 Å². The molecule has 108 valence electrons. The Hall–Kier alpha value is -1.55. The summed E-state index contributed by atoms with van der Waals surface area (Å²) in [5, 5.41) is 3.55. The van der Waals surface area contributed by atoms with Gasteiger partial charge in [0.1, 0.15) is 0 Å². The number of benzene rings is 1. The van der Waals surface area contributed by atoms with Gasteiger partial charge in [-0.2, -0.15) is 0 Å². The van der Waals surface area contributed by atoms with E-state index in [9.17, 15) is 9.59 Å². The van der Waals surface area contributed by atoms with Crippen LogP contribution in [0, 0.1) is 11.8 Å². The fraction of sp³-hybridized carbons (Fsp3) is 0.467.